The molecule has 0 aromatic rings. The third-order valence-electron chi connectivity index (χ3n) is 4.40. The number of amides is 2. The zero-order valence-electron chi connectivity index (χ0n) is 11.5. The third-order valence-corrected chi connectivity index (χ3v) is 4.71. The lowest BCUT2D eigenvalue weighted by atomic mass is 9.83. The van der Waals surface area contributed by atoms with Crippen LogP contribution in [0.3, 0.4) is 0 Å². The highest BCUT2D eigenvalue weighted by molar-refractivity contribution is 14.1. The molecule has 0 bridgehead atoms. The van der Waals surface area contributed by atoms with E-state index in [1.807, 2.05) is 0 Å². The van der Waals surface area contributed by atoms with Gasteiger partial charge >= 0.3 is 0 Å². The second-order valence-electron chi connectivity index (χ2n) is 5.67. The van der Waals surface area contributed by atoms with Crippen LogP contribution in [-0.2, 0) is 9.59 Å². The van der Waals surface area contributed by atoms with Gasteiger partial charge in [-0.05, 0) is 31.6 Å². The maximum absolute atomic E-state index is 12.7. The SMILES string of the molecule is O=C[C@@H]1CCCN1C(=O)[C@@H](NC(=O)I)C1CCCCC1. The first kappa shape index (κ1) is 15.7. The molecule has 6 heteroatoms. The van der Waals surface area contributed by atoms with E-state index in [1.54, 1.807) is 27.5 Å². The predicted molar refractivity (Wildman–Crippen MR) is 83.7 cm³/mol. The molecule has 1 heterocycles. The van der Waals surface area contributed by atoms with Crippen LogP contribution in [0.1, 0.15) is 44.9 Å². The Morgan fingerprint density at radius 3 is 2.45 bits per heavy atom. The summed E-state index contributed by atoms with van der Waals surface area (Å²) in [6.07, 6.45) is 7.85. The van der Waals surface area contributed by atoms with Crippen molar-refractivity contribution in [2.45, 2.75) is 57.0 Å². The number of carbonyl (C=O) groups is 3. The van der Waals surface area contributed by atoms with Crippen LogP contribution in [0.25, 0.3) is 0 Å². The van der Waals surface area contributed by atoms with Gasteiger partial charge in [0.1, 0.15) is 12.3 Å². The monoisotopic (exact) mass is 392 g/mol. The van der Waals surface area contributed by atoms with Crippen molar-refractivity contribution in [2.24, 2.45) is 5.92 Å². The topological polar surface area (TPSA) is 66.5 Å². The summed E-state index contributed by atoms with van der Waals surface area (Å²) in [7, 11) is 0. The molecule has 0 unspecified atom stereocenters. The lowest BCUT2D eigenvalue weighted by molar-refractivity contribution is -0.137. The number of carbonyl (C=O) groups excluding carboxylic acids is 3. The minimum absolute atomic E-state index is 0.0727. The minimum Gasteiger partial charge on any atom is -0.335 e. The number of likely N-dealkylation sites (tertiary alicyclic amines) is 1. The molecule has 1 aliphatic carbocycles. The maximum Gasteiger partial charge on any atom is 0.281 e. The van der Waals surface area contributed by atoms with Crippen LogP contribution in [0.4, 0.5) is 4.79 Å². The van der Waals surface area contributed by atoms with E-state index in [9.17, 15) is 14.4 Å². The highest BCUT2D eigenvalue weighted by Gasteiger charge is 2.37. The van der Waals surface area contributed by atoms with Gasteiger partial charge in [-0.25, -0.2) is 0 Å². The Balaban J connectivity index is 2.10. The molecule has 2 fully saturated rings. The zero-order chi connectivity index (χ0) is 14.5. The van der Waals surface area contributed by atoms with Crippen LogP contribution in [-0.4, -0.2) is 39.6 Å². The van der Waals surface area contributed by atoms with Crippen molar-refractivity contribution in [3.63, 3.8) is 0 Å². The second kappa shape index (κ2) is 7.38. The quantitative estimate of drug-likeness (QED) is 0.346. The van der Waals surface area contributed by atoms with E-state index < -0.39 is 6.04 Å². The molecule has 1 saturated heterocycles. The van der Waals surface area contributed by atoms with E-state index in [2.05, 4.69) is 5.32 Å². The van der Waals surface area contributed by atoms with Gasteiger partial charge in [-0.2, -0.15) is 0 Å². The number of rotatable bonds is 4. The van der Waals surface area contributed by atoms with Crippen molar-refractivity contribution < 1.29 is 14.4 Å². The number of hydrogen-bond donors (Lipinski definition) is 1. The highest BCUT2D eigenvalue weighted by Crippen LogP contribution is 2.29. The van der Waals surface area contributed by atoms with Gasteiger partial charge in [-0.15, -0.1) is 0 Å². The Hall–Kier alpha value is -0.660. The standard InChI is InChI=1S/C14H21IN2O3/c15-14(20)16-12(10-5-2-1-3-6-10)13(19)17-8-4-7-11(17)9-18/h9-12H,1-8H2,(H,16,20)/t11-,12-/m0/s1. The lowest BCUT2D eigenvalue weighted by Crippen LogP contribution is -2.53. The molecule has 2 atom stereocenters. The fourth-order valence-corrected chi connectivity index (χ4v) is 3.69. The van der Waals surface area contributed by atoms with Gasteiger partial charge in [0, 0.05) is 29.1 Å². The van der Waals surface area contributed by atoms with Gasteiger partial charge < -0.3 is 15.0 Å². The van der Waals surface area contributed by atoms with E-state index >= 15 is 0 Å². The molecular weight excluding hydrogens is 371 g/mol. The summed E-state index contributed by atoms with van der Waals surface area (Å²) >= 11 is 1.67. The molecule has 0 aromatic carbocycles. The van der Waals surface area contributed by atoms with Crippen LogP contribution in [0.2, 0.25) is 0 Å². The molecule has 1 N–H and O–H groups in total. The molecule has 2 amide bonds. The summed E-state index contributed by atoms with van der Waals surface area (Å²) < 4.78 is -0.201. The van der Waals surface area contributed by atoms with Crippen LogP contribution >= 0.6 is 22.6 Å². The molecule has 5 nitrogen and oxygen atoms in total. The zero-order valence-corrected chi connectivity index (χ0v) is 13.7. The summed E-state index contributed by atoms with van der Waals surface area (Å²) in [5, 5.41) is 2.81. The van der Waals surface area contributed by atoms with E-state index in [4.69, 9.17) is 0 Å². The first-order valence-electron chi connectivity index (χ1n) is 7.35. The molecule has 20 heavy (non-hydrogen) atoms. The molecule has 2 aliphatic rings. The smallest absolute Gasteiger partial charge is 0.281 e. The Morgan fingerprint density at radius 2 is 1.85 bits per heavy atom. The Bertz CT molecular complexity index is 383. The number of nitrogens with one attached hydrogen (secondary N) is 1. The van der Waals surface area contributed by atoms with E-state index in [0.717, 1.165) is 44.8 Å². The van der Waals surface area contributed by atoms with Crippen molar-refractivity contribution in [2.75, 3.05) is 6.54 Å². The lowest BCUT2D eigenvalue weighted by Gasteiger charge is -2.33. The average molecular weight is 392 g/mol. The van der Waals surface area contributed by atoms with Crippen molar-refractivity contribution in [1.29, 1.82) is 0 Å². The van der Waals surface area contributed by atoms with Crippen LogP contribution in [0, 0.1) is 5.92 Å². The average Bonchev–Trinajstić information content (AvgIpc) is 2.93. The van der Waals surface area contributed by atoms with Gasteiger partial charge in [0.25, 0.3) is 3.91 Å². The van der Waals surface area contributed by atoms with Crippen molar-refractivity contribution in [1.82, 2.24) is 10.2 Å². The molecular formula is C14H21IN2O3. The van der Waals surface area contributed by atoms with Crippen molar-refractivity contribution in [3.8, 4) is 0 Å². The number of hydrogen-bond acceptors (Lipinski definition) is 3. The minimum atomic E-state index is -0.458. The Morgan fingerprint density at radius 1 is 1.15 bits per heavy atom. The van der Waals surface area contributed by atoms with Gasteiger partial charge in [0.05, 0.1) is 6.04 Å². The van der Waals surface area contributed by atoms with E-state index in [-0.39, 0.29) is 21.8 Å². The summed E-state index contributed by atoms with van der Waals surface area (Å²) in [4.78, 5) is 36.8. The van der Waals surface area contributed by atoms with Gasteiger partial charge in [-0.3, -0.25) is 9.59 Å². The first-order chi connectivity index (χ1) is 9.63. The van der Waals surface area contributed by atoms with Crippen LogP contribution < -0.4 is 5.32 Å². The van der Waals surface area contributed by atoms with Crippen LogP contribution in [0.5, 0.6) is 0 Å². The fraction of sp³-hybridized carbons (Fsp3) is 0.786. The fourth-order valence-electron chi connectivity index (χ4n) is 3.36. The second-order valence-corrected chi connectivity index (χ2v) is 6.65. The summed E-state index contributed by atoms with van der Waals surface area (Å²) in [6, 6.07) is -0.764. The third kappa shape index (κ3) is 3.71. The molecule has 2 rings (SSSR count). The van der Waals surface area contributed by atoms with Gasteiger partial charge in [0.15, 0.2) is 0 Å². The number of aldehydes is 1. The molecule has 1 saturated carbocycles. The Kier molecular flexibility index (Phi) is 5.80. The molecule has 0 radical (unpaired) electrons. The molecule has 0 aromatic heterocycles. The summed E-state index contributed by atoms with van der Waals surface area (Å²) in [6.45, 7) is 0.628. The molecule has 1 aliphatic heterocycles. The number of halogens is 1. The predicted octanol–water partition coefficient (Wildman–Crippen LogP) is 2.27. The van der Waals surface area contributed by atoms with E-state index in [0.29, 0.717) is 6.54 Å². The van der Waals surface area contributed by atoms with Gasteiger partial charge in [-0.1, -0.05) is 19.3 Å². The normalized spacial score (nSPS) is 25.2. The van der Waals surface area contributed by atoms with E-state index in [1.165, 1.54) is 6.42 Å². The molecule has 0 spiro atoms. The highest BCUT2D eigenvalue weighted by atomic mass is 127. The first-order valence-corrected chi connectivity index (χ1v) is 8.43. The van der Waals surface area contributed by atoms with Crippen molar-refractivity contribution in [3.05, 3.63) is 0 Å². The van der Waals surface area contributed by atoms with Crippen molar-refractivity contribution >= 4 is 38.7 Å². The number of nitrogens with zero attached hydrogens (tertiary/aromatic N) is 1. The van der Waals surface area contributed by atoms with Crippen LogP contribution in [0.15, 0.2) is 0 Å². The Labute approximate surface area is 133 Å². The molecule has 112 valence electrons. The maximum atomic E-state index is 12.7. The summed E-state index contributed by atoms with van der Waals surface area (Å²) in [5.74, 6) is 0.138. The summed E-state index contributed by atoms with van der Waals surface area (Å²) in [5.41, 5.74) is 0. The van der Waals surface area contributed by atoms with Gasteiger partial charge in [0.2, 0.25) is 5.91 Å². The largest absolute Gasteiger partial charge is 0.335 e.